The van der Waals surface area contributed by atoms with Gasteiger partial charge in [-0.05, 0) is 12.8 Å². The van der Waals surface area contributed by atoms with E-state index in [0.29, 0.717) is 0 Å². The maximum absolute atomic E-state index is 11.3. The molecule has 1 fully saturated rings. The Morgan fingerprint density at radius 1 is 1.31 bits per heavy atom. The Morgan fingerprint density at radius 3 is 2.31 bits per heavy atom. The molecule has 0 bridgehead atoms. The monoisotopic (exact) mass is 185 g/mol. The second kappa shape index (κ2) is 4.25. The number of ether oxygens (including phenoxy) is 1. The first-order chi connectivity index (χ1) is 6.16. The molecule has 4 nitrogen and oxygen atoms in total. The molecule has 0 aromatic rings. The van der Waals surface area contributed by atoms with Crippen molar-refractivity contribution in [2.75, 3.05) is 14.2 Å². The first-order valence-electron chi connectivity index (χ1n) is 4.52. The highest BCUT2D eigenvalue weighted by atomic mass is 16.5. The minimum absolute atomic E-state index is 0.228. The molecule has 0 atom stereocenters. The minimum Gasteiger partial charge on any atom is -0.462 e. The fourth-order valence-corrected chi connectivity index (χ4v) is 1.69. The molecule has 74 valence electrons. The van der Waals surface area contributed by atoms with Gasteiger partial charge in [-0.3, -0.25) is 4.79 Å². The standard InChI is InChI=1S/C9H15NO3/c1-10(7-5-3-4-6-7)8(11)9(12)13-2/h7H,3-6H2,1-2H3. The Morgan fingerprint density at radius 2 is 1.85 bits per heavy atom. The van der Waals surface area contributed by atoms with Crippen molar-refractivity contribution in [3.8, 4) is 0 Å². The first-order valence-corrected chi connectivity index (χ1v) is 4.52. The fraction of sp³-hybridized carbons (Fsp3) is 0.778. The molecule has 1 rings (SSSR count). The normalized spacial score (nSPS) is 17.1. The highest BCUT2D eigenvalue weighted by molar-refractivity contribution is 6.32. The van der Waals surface area contributed by atoms with Crippen molar-refractivity contribution in [1.82, 2.24) is 4.90 Å². The molecule has 0 spiro atoms. The molecule has 1 amide bonds. The fourth-order valence-electron chi connectivity index (χ4n) is 1.69. The van der Waals surface area contributed by atoms with E-state index in [1.54, 1.807) is 7.05 Å². The van der Waals surface area contributed by atoms with E-state index in [1.807, 2.05) is 0 Å². The number of rotatable bonds is 1. The van der Waals surface area contributed by atoms with Crippen molar-refractivity contribution in [3.63, 3.8) is 0 Å². The lowest BCUT2D eigenvalue weighted by molar-refractivity contribution is -0.158. The van der Waals surface area contributed by atoms with E-state index in [0.717, 1.165) is 25.7 Å². The third-order valence-corrected chi connectivity index (χ3v) is 2.55. The summed E-state index contributed by atoms with van der Waals surface area (Å²) >= 11 is 0. The Bertz CT molecular complexity index is 209. The van der Waals surface area contributed by atoms with Gasteiger partial charge in [-0.25, -0.2) is 4.79 Å². The number of likely N-dealkylation sites (N-methyl/N-ethyl adjacent to an activating group) is 1. The number of nitrogens with zero attached hydrogens (tertiary/aromatic N) is 1. The van der Waals surface area contributed by atoms with Crippen LogP contribution in [0.5, 0.6) is 0 Å². The average molecular weight is 185 g/mol. The zero-order chi connectivity index (χ0) is 9.84. The van der Waals surface area contributed by atoms with Gasteiger partial charge in [0, 0.05) is 13.1 Å². The summed E-state index contributed by atoms with van der Waals surface area (Å²) < 4.78 is 4.36. The number of amides is 1. The maximum Gasteiger partial charge on any atom is 0.396 e. The summed E-state index contributed by atoms with van der Waals surface area (Å²) in [5.74, 6) is -1.30. The number of carbonyl (C=O) groups is 2. The summed E-state index contributed by atoms with van der Waals surface area (Å²) in [7, 11) is 2.89. The van der Waals surface area contributed by atoms with E-state index in [1.165, 1.54) is 12.0 Å². The molecular weight excluding hydrogens is 170 g/mol. The lowest BCUT2D eigenvalue weighted by Gasteiger charge is -2.22. The zero-order valence-corrected chi connectivity index (χ0v) is 8.08. The van der Waals surface area contributed by atoms with Gasteiger partial charge in [0.15, 0.2) is 0 Å². The number of carbonyl (C=O) groups excluding carboxylic acids is 2. The summed E-state index contributed by atoms with van der Waals surface area (Å²) in [5.41, 5.74) is 0. The molecule has 0 heterocycles. The molecule has 4 heteroatoms. The van der Waals surface area contributed by atoms with Gasteiger partial charge >= 0.3 is 11.9 Å². The Hall–Kier alpha value is -1.06. The molecule has 0 aromatic carbocycles. The largest absolute Gasteiger partial charge is 0.462 e. The summed E-state index contributed by atoms with van der Waals surface area (Å²) in [6, 6.07) is 0.228. The van der Waals surface area contributed by atoms with Crippen LogP contribution in [0.4, 0.5) is 0 Å². The van der Waals surface area contributed by atoms with Crippen LogP contribution in [0.2, 0.25) is 0 Å². The molecule has 1 aliphatic carbocycles. The third-order valence-electron chi connectivity index (χ3n) is 2.55. The van der Waals surface area contributed by atoms with Crippen LogP contribution in [-0.2, 0) is 14.3 Å². The molecule has 0 unspecified atom stereocenters. The van der Waals surface area contributed by atoms with Crippen molar-refractivity contribution in [1.29, 1.82) is 0 Å². The van der Waals surface area contributed by atoms with Crippen molar-refractivity contribution >= 4 is 11.9 Å². The lowest BCUT2D eigenvalue weighted by atomic mass is 10.2. The van der Waals surface area contributed by atoms with E-state index >= 15 is 0 Å². The van der Waals surface area contributed by atoms with Crippen molar-refractivity contribution in [3.05, 3.63) is 0 Å². The maximum atomic E-state index is 11.3. The van der Waals surface area contributed by atoms with Gasteiger partial charge in [0.05, 0.1) is 7.11 Å². The van der Waals surface area contributed by atoms with Crippen LogP contribution in [-0.4, -0.2) is 37.0 Å². The van der Waals surface area contributed by atoms with Crippen molar-refractivity contribution < 1.29 is 14.3 Å². The van der Waals surface area contributed by atoms with E-state index in [9.17, 15) is 9.59 Å². The molecular formula is C9H15NO3. The van der Waals surface area contributed by atoms with Crippen molar-refractivity contribution in [2.24, 2.45) is 0 Å². The SMILES string of the molecule is COC(=O)C(=O)N(C)C1CCCC1. The molecule has 0 aromatic heterocycles. The van der Waals surface area contributed by atoms with Crippen LogP contribution >= 0.6 is 0 Å². The highest BCUT2D eigenvalue weighted by Crippen LogP contribution is 2.22. The van der Waals surface area contributed by atoms with Gasteiger partial charge in [-0.15, -0.1) is 0 Å². The summed E-state index contributed by atoms with van der Waals surface area (Å²) in [5, 5.41) is 0. The van der Waals surface area contributed by atoms with Crippen LogP contribution in [0.25, 0.3) is 0 Å². The number of hydrogen-bond acceptors (Lipinski definition) is 3. The summed E-state index contributed by atoms with van der Waals surface area (Å²) in [4.78, 5) is 23.7. The van der Waals surface area contributed by atoms with Crippen LogP contribution in [0, 0.1) is 0 Å². The van der Waals surface area contributed by atoms with Gasteiger partial charge in [-0.1, -0.05) is 12.8 Å². The predicted octanol–water partition coefficient (Wildman–Crippen LogP) is 0.560. The second-order valence-corrected chi connectivity index (χ2v) is 3.35. The Balaban J connectivity index is 2.50. The molecule has 1 aliphatic rings. The van der Waals surface area contributed by atoms with E-state index in [4.69, 9.17) is 0 Å². The number of hydrogen-bond donors (Lipinski definition) is 0. The molecule has 0 radical (unpaired) electrons. The van der Waals surface area contributed by atoms with Crippen LogP contribution < -0.4 is 0 Å². The van der Waals surface area contributed by atoms with E-state index in [-0.39, 0.29) is 6.04 Å². The number of methoxy groups -OCH3 is 1. The van der Waals surface area contributed by atoms with E-state index in [2.05, 4.69) is 4.74 Å². The van der Waals surface area contributed by atoms with Gasteiger partial charge in [0.2, 0.25) is 0 Å². The minimum atomic E-state index is -0.769. The van der Waals surface area contributed by atoms with Crippen molar-refractivity contribution in [2.45, 2.75) is 31.7 Å². The molecule has 0 saturated heterocycles. The van der Waals surface area contributed by atoms with Crippen LogP contribution in [0.3, 0.4) is 0 Å². The quantitative estimate of drug-likeness (QED) is 0.443. The lowest BCUT2D eigenvalue weighted by Crippen LogP contribution is -2.40. The Labute approximate surface area is 77.8 Å². The van der Waals surface area contributed by atoms with Gasteiger partial charge in [-0.2, -0.15) is 0 Å². The van der Waals surface area contributed by atoms with Crippen LogP contribution in [0.15, 0.2) is 0 Å². The average Bonchev–Trinajstić information content (AvgIpc) is 2.67. The zero-order valence-electron chi connectivity index (χ0n) is 8.08. The van der Waals surface area contributed by atoms with Crippen LogP contribution in [0.1, 0.15) is 25.7 Å². The smallest absolute Gasteiger partial charge is 0.396 e. The van der Waals surface area contributed by atoms with E-state index < -0.39 is 11.9 Å². The van der Waals surface area contributed by atoms with Gasteiger partial charge in [0.25, 0.3) is 0 Å². The first kappa shape index (κ1) is 10.0. The molecule has 0 N–H and O–H groups in total. The molecule has 13 heavy (non-hydrogen) atoms. The number of esters is 1. The second-order valence-electron chi connectivity index (χ2n) is 3.35. The predicted molar refractivity (Wildman–Crippen MR) is 47.0 cm³/mol. The summed E-state index contributed by atoms with van der Waals surface area (Å²) in [6.07, 6.45) is 4.28. The highest BCUT2D eigenvalue weighted by Gasteiger charge is 2.27. The molecule has 0 aliphatic heterocycles. The third kappa shape index (κ3) is 2.20. The summed E-state index contributed by atoms with van der Waals surface area (Å²) in [6.45, 7) is 0. The Kier molecular flexibility index (Phi) is 3.28. The topological polar surface area (TPSA) is 46.6 Å². The molecule has 1 saturated carbocycles. The van der Waals surface area contributed by atoms with Gasteiger partial charge < -0.3 is 9.64 Å². The van der Waals surface area contributed by atoms with Gasteiger partial charge in [0.1, 0.15) is 0 Å².